The molecule has 0 saturated heterocycles. The number of carbonyl (C=O) groups excluding carboxylic acids is 1. The van der Waals surface area contributed by atoms with Crippen LogP contribution in [0.5, 0.6) is 17.2 Å². The number of rotatable bonds is 6. The highest BCUT2D eigenvalue weighted by atomic mass is 16.6. The van der Waals surface area contributed by atoms with Crippen molar-refractivity contribution >= 4 is 16.9 Å². The van der Waals surface area contributed by atoms with Gasteiger partial charge in [-0.3, -0.25) is 4.79 Å². The van der Waals surface area contributed by atoms with Crippen molar-refractivity contribution in [2.24, 2.45) is 0 Å². The molecule has 0 amide bonds. The number of hydrogen-bond donors (Lipinski definition) is 0. The zero-order valence-electron chi connectivity index (χ0n) is 17.9. The number of fused-ring (bicyclic) bond motifs is 1. The molecule has 3 rings (SSSR count). The molecule has 3 aromatic rings. The molecule has 0 aliphatic rings. The van der Waals surface area contributed by atoms with Gasteiger partial charge in [-0.2, -0.15) is 0 Å². The lowest BCUT2D eigenvalue weighted by atomic mass is 9.87. The van der Waals surface area contributed by atoms with E-state index in [-0.39, 0.29) is 23.2 Å². The van der Waals surface area contributed by atoms with Crippen LogP contribution in [-0.4, -0.2) is 18.7 Å². The van der Waals surface area contributed by atoms with Crippen LogP contribution in [0.3, 0.4) is 0 Å². The highest BCUT2D eigenvalue weighted by molar-refractivity contribution is 5.79. The molecule has 0 N–H and O–H groups in total. The summed E-state index contributed by atoms with van der Waals surface area (Å²) in [5.74, 6) is 0.593. The molecule has 6 heteroatoms. The van der Waals surface area contributed by atoms with Gasteiger partial charge in [0.05, 0.1) is 12.0 Å². The number of ether oxygens (including phenoxy) is 3. The quantitative estimate of drug-likeness (QED) is 0.519. The van der Waals surface area contributed by atoms with Crippen LogP contribution in [0.1, 0.15) is 40.2 Å². The van der Waals surface area contributed by atoms with E-state index in [1.165, 1.54) is 11.8 Å². The number of esters is 1. The van der Waals surface area contributed by atoms with Gasteiger partial charge in [0.1, 0.15) is 23.3 Å². The second kappa shape index (κ2) is 8.61. The maximum Gasteiger partial charge on any atom is 0.347 e. The van der Waals surface area contributed by atoms with Crippen molar-refractivity contribution in [3.63, 3.8) is 0 Å². The van der Waals surface area contributed by atoms with Gasteiger partial charge < -0.3 is 18.6 Å². The number of hydrogen-bond acceptors (Lipinski definition) is 6. The van der Waals surface area contributed by atoms with E-state index in [9.17, 15) is 9.59 Å². The second-order valence-electron chi connectivity index (χ2n) is 7.98. The predicted octanol–water partition coefficient (Wildman–Crippen LogP) is 5.21. The Kier molecular flexibility index (Phi) is 6.15. The van der Waals surface area contributed by atoms with Gasteiger partial charge >= 0.3 is 5.97 Å². The lowest BCUT2D eigenvalue weighted by Crippen LogP contribution is -2.26. The maximum absolute atomic E-state index is 12.8. The highest BCUT2D eigenvalue weighted by Gasteiger charge is 2.17. The predicted molar refractivity (Wildman–Crippen MR) is 114 cm³/mol. The first-order chi connectivity index (χ1) is 14.2. The maximum atomic E-state index is 12.8. The van der Waals surface area contributed by atoms with Crippen LogP contribution in [0.25, 0.3) is 11.0 Å². The average Bonchev–Trinajstić information content (AvgIpc) is 2.70. The Labute approximate surface area is 175 Å². The van der Waals surface area contributed by atoms with Crippen molar-refractivity contribution in [2.45, 2.75) is 46.1 Å². The van der Waals surface area contributed by atoms with E-state index in [0.717, 1.165) is 0 Å². The third-order valence-electron chi connectivity index (χ3n) is 4.59. The molecule has 1 aromatic heterocycles. The van der Waals surface area contributed by atoms with Crippen LogP contribution in [-0.2, 0) is 14.9 Å². The topological polar surface area (TPSA) is 75.0 Å². The molecular formula is C24H26O6. The van der Waals surface area contributed by atoms with E-state index in [4.69, 9.17) is 18.6 Å². The Morgan fingerprint density at radius 3 is 2.37 bits per heavy atom. The smallest absolute Gasteiger partial charge is 0.347 e. The first-order valence-electron chi connectivity index (χ1n) is 9.86. The first kappa shape index (κ1) is 21.4. The Bertz CT molecular complexity index is 1090. The van der Waals surface area contributed by atoms with Crippen LogP contribution in [0.2, 0.25) is 0 Å². The fraction of sp³-hybridized carbons (Fsp3) is 0.333. The lowest BCUT2D eigenvalue weighted by molar-refractivity contribution is -0.150. The molecule has 158 valence electrons. The zero-order chi connectivity index (χ0) is 21.9. The lowest BCUT2D eigenvalue weighted by Gasteiger charge is -2.19. The summed E-state index contributed by atoms with van der Waals surface area (Å²) in [5.41, 5.74) is 1.25. The van der Waals surface area contributed by atoms with Gasteiger partial charge in [0.15, 0.2) is 6.10 Å². The third kappa shape index (κ3) is 4.82. The number of carbonyl (C=O) groups is 1. The molecule has 0 radical (unpaired) electrons. The molecule has 2 aromatic carbocycles. The second-order valence-corrected chi connectivity index (χ2v) is 7.98. The van der Waals surface area contributed by atoms with Gasteiger partial charge in [0, 0.05) is 6.07 Å². The summed E-state index contributed by atoms with van der Waals surface area (Å²) < 4.78 is 21.8. The van der Waals surface area contributed by atoms with Gasteiger partial charge in [-0.05, 0) is 49.1 Å². The molecule has 0 spiro atoms. The average molecular weight is 410 g/mol. The van der Waals surface area contributed by atoms with Crippen LogP contribution in [0.4, 0.5) is 0 Å². The molecule has 0 fully saturated rings. The summed E-state index contributed by atoms with van der Waals surface area (Å²) >= 11 is 0. The first-order valence-corrected chi connectivity index (χ1v) is 9.86. The minimum absolute atomic E-state index is 0.0328. The molecule has 1 heterocycles. The molecule has 0 aliphatic heterocycles. The standard InChI is InChI=1S/C24H26O6/c1-6-27-23(26)15(2)29-18-11-12-19-20(13-18)28-14-21(22(19)25)30-17-9-7-16(8-10-17)24(3,4)5/h7-15H,6H2,1-5H3/t15-/m1/s1. The Morgan fingerprint density at radius 2 is 1.73 bits per heavy atom. The zero-order valence-corrected chi connectivity index (χ0v) is 17.9. The molecule has 0 saturated carbocycles. The van der Waals surface area contributed by atoms with Gasteiger partial charge in [-0.1, -0.05) is 32.9 Å². The largest absolute Gasteiger partial charge is 0.479 e. The van der Waals surface area contributed by atoms with Crippen molar-refractivity contribution in [1.29, 1.82) is 0 Å². The van der Waals surface area contributed by atoms with E-state index < -0.39 is 12.1 Å². The summed E-state index contributed by atoms with van der Waals surface area (Å²) in [5, 5.41) is 0.356. The Hall–Kier alpha value is -3.28. The molecule has 0 unspecified atom stereocenters. The SMILES string of the molecule is CCOC(=O)[C@@H](C)Oc1ccc2c(=O)c(Oc3ccc(C(C)(C)C)cc3)coc2c1. The van der Waals surface area contributed by atoms with Crippen molar-refractivity contribution in [3.05, 3.63) is 64.5 Å². The van der Waals surface area contributed by atoms with E-state index in [2.05, 4.69) is 20.8 Å². The summed E-state index contributed by atoms with van der Waals surface area (Å²) in [7, 11) is 0. The molecule has 6 nitrogen and oxygen atoms in total. The van der Waals surface area contributed by atoms with Crippen molar-refractivity contribution in [1.82, 2.24) is 0 Å². The van der Waals surface area contributed by atoms with Gasteiger partial charge in [0.2, 0.25) is 11.2 Å². The third-order valence-corrected chi connectivity index (χ3v) is 4.59. The molecular weight excluding hydrogens is 384 g/mol. The van der Waals surface area contributed by atoms with Crippen LogP contribution < -0.4 is 14.9 Å². The van der Waals surface area contributed by atoms with Crippen LogP contribution in [0, 0.1) is 0 Å². The monoisotopic (exact) mass is 410 g/mol. The summed E-state index contributed by atoms with van der Waals surface area (Å²) in [6, 6.07) is 12.4. The van der Waals surface area contributed by atoms with Crippen LogP contribution >= 0.6 is 0 Å². The number of benzene rings is 2. The minimum Gasteiger partial charge on any atom is -0.479 e. The minimum atomic E-state index is -0.771. The fourth-order valence-electron chi connectivity index (χ4n) is 2.90. The highest BCUT2D eigenvalue weighted by Crippen LogP contribution is 2.27. The summed E-state index contributed by atoms with van der Waals surface area (Å²) in [6.07, 6.45) is 0.508. The van der Waals surface area contributed by atoms with E-state index in [1.54, 1.807) is 32.0 Å². The van der Waals surface area contributed by atoms with E-state index >= 15 is 0 Å². The normalized spacial score (nSPS) is 12.4. The van der Waals surface area contributed by atoms with E-state index in [1.807, 2.05) is 24.3 Å². The molecule has 0 aliphatic carbocycles. The molecule has 1 atom stereocenters. The van der Waals surface area contributed by atoms with Crippen molar-refractivity contribution < 1.29 is 23.4 Å². The fourth-order valence-corrected chi connectivity index (χ4v) is 2.90. The van der Waals surface area contributed by atoms with Gasteiger partial charge in [0.25, 0.3) is 0 Å². The van der Waals surface area contributed by atoms with Gasteiger partial charge in [-0.25, -0.2) is 4.79 Å². The Balaban J connectivity index is 1.81. The van der Waals surface area contributed by atoms with Crippen molar-refractivity contribution in [3.8, 4) is 17.2 Å². The molecule has 30 heavy (non-hydrogen) atoms. The van der Waals surface area contributed by atoms with Crippen LogP contribution in [0.15, 0.2) is 57.9 Å². The Morgan fingerprint density at radius 1 is 1.07 bits per heavy atom. The summed E-state index contributed by atoms with van der Waals surface area (Å²) in [4.78, 5) is 24.5. The van der Waals surface area contributed by atoms with Gasteiger partial charge in [-0.15, -0.1) is 0 Å². The summed E-state index contributed by atoms with van der Waals surface area (Å²) in [6.45, 7) is 10.00. The van der Waals surface area contributed by atoms with E-state index in [0.29, 0.717) is 22.5 Å². The molecule has 0 bridgehead atoms. The van der Waals surface area contributed by atoms with Crippen molar-refractivity contribution in [2.75, 3.05) is 6.61 Å².